The average molecular weight is 424 g/mol. The SMILES string of the molecule is COc1cccc(C2C(=C(O)c3ccc4c(c3)OCO4)C(=O)C(=O)N2CCN(C)C)c1. The third-order valence-corrected chi connectivity index (χ3v) is 5.38. The first-order chi connectivity index (χ1) is 14.9. The van der Waals surface area contributed by atoms with Gasteiger partial charge in [-0.3, -0.25) is 9.59 Å². The van der Waals surface area contributed by atoms with E-state index in [0.29, 0.717) is 41.5 Å². The Balaban J connectivity index is 1.84. The summed E-state index contributed by atoms with van der Waals surface area (Å²) >= 11 is 0. The van der Waals surface area contributed by atoms with Crippen LogP contribution < -0.4 is 14.2 Å². The van der Waals surface area contributed by atoms with Crippen molar-refractivity contribution >= 4 is 17.4 Å². The Bertz CT molecular complexity index is 1060. The second kappa shape index (κ2) is 8.31. The van der Waals surface area contributed by atoms with E-state index in [2.05, 4.69) is 0 Å². The number of nitrogens with zero attached hydrogens (tertiary/aromatic N) is 2. The molecular formula is C23H24N2O6. The highest BCUT2D eigenvalue weighted by molar-refractivity contribution is 6.46. The number of Topliss-reactive ketones (excluding diaryl/α,β-unsaturated/α-hetero) is 1. The van der Waals surface area contributed by atoms with Gasteiger partial charge >= 0.3 is 0 Å². The fraction of sp³-hybridized carbons (Fsp3) is 0.304. The summed E-state index contributed by atoms with van der Waals surface area (Å²) in [4.78, 5) is 29.4. The van der Waals surface area contributed by atoms with Crippen LogP contribution in [0.2, 0.25) is 0 Å². The number of methoxy groups -OCH3 is 1. The van der Waals surface area contributed by atoms with Crippen LogP contribution in [0.5, 0.6) is 17.2 Å². The normalized spacial score (nSPS) is 19.4. The molecule has 0 bridgehead atoms. The number of hydrogen-bond acceptors (Lipinski definition) is 7. The molecular weight excluding hydrogens is 400 g/mol. The quantitative estimate of drug-likeness (QED) is 0.433. The van der Waals surface area contributed by atoms with Crippen molar-refractivity contribution in [3.05, 3.63) is 59.2 Å². The number of ketones is 1. The molecule has 8 nitrogen and oxygen atoms in total. The number of aliphatic hydroxyl groups excluding tert-OH is 1. The number of aliphatic hydroxyl groups is 1. The van der Waals surface area contributed by atoms with Gasteiger partial charge in [-0.05, 0) is 50.0 Å². The lowest BCUT2D eigenvalue weighted by Gasteiger charge is -2.26. The summed E-state index contributed by atoms with van der Waals surface area (Å²) in [7, 11) is 5.34. The van der Waals surface area contributed by atoms with Gasteiger partial charge in [0, 0.05) is 18.7 Å². The maximum atomic E-state index is 13.0. The molecule has 31 heavy (non-hydrogen) atoms. The summed E-state index contributed by atoms with van der Waals surface area (Å²) < 4.78 is 16.0. The summed E-state index contributed by atoms with van der Waals surface area (Å²) in [6.07, 6.45) is 0. The van der Waals surface area contributed by atoms with Gasteiger partial charge in [0.2, 0.25) is 6.79 Å². The maximum absolute atomic E-state index is 13.0. The van der Waals surface area contributed by atoms with Gasteiger partial charge in [-0.2, -0.15) is 0 Å². The lowest BCUT2D eigenvalue weighted by Crippen LogP contribution is -2.35. The van der Waals surface area contributed by atoms with Crippen LogP contribution in [-0.2, 0) is 9.59 Å². The van der Waals surface area contributed by atoms with Crippen molar-refractivity contribution in [1.82, 2.24) is 9.80 Å². The first kappa shape index (κ1) is 20.7. The van der Waals surface area contributed by atoms with Gasteiger partial charge in [-0.1, -0.05) is 12.1 Å². The molecule has 2 heterocycles. The molecule has 0 spiro atoms. The predicted molar refractivity (Wildman–Crippen MR) is 113 cm³/mol. The van der Waals surface area contributed by atoms with Gasteiger partial charge in [0.1, 0.15) is 11.5 Å². The van der Waals surface area contributed by atoms with E-state index in [9.17, 15) is 14.7 Å². The number of hydrogen-bond donors (Lipinski definition) is 1. The van der Waals surface area contributed by atoms with Crippen LogP contribution in [-0.4, -0.2) is 67.7 Å². The highest BCUT2D eigenvalue weighted by Gasteiger charge is 2.46. The third kappa shape index (κ3) is 3.82. The number of ether oxygens (including phenoxy) is 3. The number of likely N-dealkylation sites (N-methyl/N-ethyl adjacent to an activating group) is 1. The van der Waals surface area contributed by atoms with Gasteiger partial charge in [0.05, 0.1) is 18.7 Å². The van der Waals surface area contributed by atoms with Gasteiger partial charge < -0.3 is 29.1 Å². The number of rotatable bonds is 6. The molecule has 8 heteroatoms. The van der Waals surface area contributed by atoms with Crippen LogP contribution in [0.25, 0.3) is 5.76 Å². The molecule has 1 amide bonds. The van der Waals surface area contributed by atoms with E-state index in [1.165, 1.54) is 4.90 Å². The zero-order valence-corrected chi connectivity index (χ0v) is 17.6. The fourth-order valence-corrected chi connectivity index (χ4v) is 3.78. The zero-order chi connectivity index (χ0) is 22.1. The molecule has 2 aliphatic heterocycles. The molecule has 1 saturated heterocycles. The van der Waals surface area contributed by atoms with Crippen molar-refractivity contribution in [2.24, 2.45) is 0 Å². The molecule has 1 unspecified atom stereocenters. The third-order valence-electron chi connectivity index (χ3n) is 5.38. The molecule has 2 aliphatic rings. The van der Waals surface area contributed by atoms with Crippen molar-refractivity contribution in [3.63, 3.8) is 0 Å². The molecule has 1 atom stereocenters. The van der Waals surface area contributed by atoms with E-state index >= 15 is 0 Å². The lowest BCUT2D eigenvalue weighted by atomic mass is 9.95. The lowest BCUT2D eigenvalue weighted by molar-refractivity contribution is -0.140. The minimum atomic E-state index is -0.736. The molecule has 1 N–H and O–H groups in total. The first-order valence-corrected chi connectivity index (χ1v) is 9.88. The maximum Gasteiger partial charge on any atom is 0.295 e. The summed E-state index contributed by atoms with van der Waals surface area (Å²) in [5.74, 6) is 0.0189. The molecule has 2 aromatic carbocycles. The molecule has 1 fully saturated rings. The topological polar surface area (TPSA) is 88.5 Å². The predicted octanol–water partition coefficient (Wildman–Crippen LogP) is 2.41. The molecule has 2 aromatic rings. The van der Waals surface area contributed by atoms with Crippen LogP contribution in [0.15, 0.2) is 48.0 Å². The Morgan fingerprint density at radius 2 is 1.94 bits per heavy atom. The zero-order valence-electron chi connectivity index (χ0n) is 17.6. The molecule has 162 valence electrons. The Morgan fingerprint density at radius 3 is 2.68 bits per heavy atom. The molecule has 0 radical (unpaired) electrons. The van der Waals surface area contributed by atoms with Crippen molar-refractivity contribution in [1.29, 1.82) is 0 Å². The van der Waals surface area contributed by atoms with Gasteiger partial charge in [0.15, 0.2) is 11.5 Å². The minimum Gasteiger partial charge on any atom is -0.507 e. The van der Waals surface area contributed by atoms with Crippen LogP contribution in [0.3, 0.4) is 0 Å². The second-order valence-electron chi connectivity index (χ2n) is 7.64. The van der Waals surface area contributed by atoms with E-state index < -0.39 is 17.7 Å². The Labute approximate surface area is 180 Å². The van der Waals surface area contributed by atoms with E-state index in [4.69, 9.17) is 14.2 Å². The summed E-state index contributed by atoms with van der Waals surface area (Å²) in [6, 6.07) is 11.3. The summed E-state index contributed by atoms with van der Waals surface area (Å²) in [6.45, 7) is 0.993. The number of amides is 1. The van der Waals surface area contributed by atoms with Crippen LogP contribution in [0.4, 0.5) is 0 Å². The number of benzene rings is 2. The smallest absolute Gasteiger partial charge is 0.295 e. The van der Waals surface area contributed by atoms with Crippen LogP contribution in [0, 0.1) is 0 Å². The van der Waals surface area contributed by atoms with Crippen LogP contribution >= 0.6 is 0 Å². The first-order valence-electron chi connectivity index (χ1n) is 9.88. The van der Waals surface area contributed by atoms with Gasteiger partial charge in [-0.25, -0.2) is 0 Å². The Hall–Kier alpha value is -3.52. The van der Waals surface area contributed by atoms with E-state index in [0.717, 1.165) is 0 Å². The second-order valence-corrected chi connectivity index (χ2v) is 7.64. The van der Waals surface area contributed by atoms with Gasteiger partial charge in [0.25, 0.3) is 11.7 Å². The van der Waals surface area contributed by atoms with E-state index in [-0.39, 0.29) is 18.1 Å². The van der Waals surface area contributed by atoms with E-state index in [1.807, 2.05) is 25.1 Å². The van der Waals surface area contributed by atoms with Crippen molar-refractivity contribution < 1.29 is 28.9 Å². The summed E-state index contributed by atoms with van der Waals surface area (Å²) in [5, 5.41) is 11.1. The number of carbonyl (C=O) groups is 2. The standard InChI is InChI=1S/C23H24N2O6/c1-24(2)9-10-25-20(14-5-4-6-16(11-14)29-3)19(22(27)23(25)28)21(26)15-7-8-17-18(12-15)31-13-30-17/h4-8,11-12,20,26H,9-10,13H2,1-3H3. The van der Waals surface area contributed by atoms with Crippen molar-refractivity contribution in [2.75, 3.05) is 41.1 Å². The van der Waals surface area contributed by atoms with E-state index in [1.54, 1.807) is 43.5 Å². The molecule has 0 aliphatic carbocycles. The molecule has 0 saturated carbocycles. The molecule has 0 aromatic heterocycles. The minimum absolute atomic E-state index is 0.0378. The highest BCUT2D eigenvalue weighted by Crippen LogP contribution is 2.41. The Kier molecular flexibility index (Phi) is 5.56. The highest BCUT2D eigenvalue weighted by atomic mass is 16.7. The number of carbonyl (C=O) groups excluding carboxylic acids is 2. The molecule has 4 rings (SSSR count). The van der Waals surface area contributed by atoms with Gasteiger partial charge in [-0.15, -0.1) is 0 Å². The fourth-order valence-electron chi connectivity index (χ4n) is 3.78. The monoisotopic (exact) mass is 424 g/mol. The van der Waals surface area contributed by atoms with Crippen LogP contribution in [0.1, 0.15) is 17.2 Å². The average Bonchev–Trinajstić information content (AvgIpc) is 3.34. The van der Waals surface area contributed by atoms with Crippen molar-refractivity contribution in [2.45, 2.75) is 6.04 Å². The number of fused-ring (bicyclic) bond motifs is 1. The largest absolute Gasteiger partial charge is 0.507 e. The van der Waals surface area contributed by atoms with Crippen molar-refractivity contribution in [3.8, 4) is 17.2 Å². The Morgan fingerprint density at radius 1 is 1.16 bits per heavy atom. The summed E-state index contributed by atoms with van der Waals surface area (Å²) in [5.41, 5.74) is 1.10. The number of likely N-dealkylation sites (tertiary alicyclic amines) is 1.